The van der Waals surface area contributed by atoms with E-state index in [1.807, 2.05) is 0 Å². The minimum Gasteiger partial charge on any atom is -0.484 e. The first-order valence-electron chi connectivity index (χ1n) is 5.40. The van der Waals surface area contributed by atoms with Crippen molar-refractivity contribution in [3.8, 4) is 5.75 Å². The summed E-state index contributed by atoms with van der Waals surface area (Å²) in [6, 6.07) is 4.69. The third kappa shape index (κ3) is 1.92. The van der Waals surface area contributed by atoms with Gasteiger partial charge in [0.2, 0.25) is 0 Å². The monoisotopic (exact) mass is 247 g/mol. The van der Waals surface area contributed by atoms with Crippen LogP contribution < -0.4 is 4.74 Å². The number of ether oxygens (including phenoxy) is 1. The Hall–Kier alpha value is -2.37. The Bertz CT molecular complexity index is 690. The molecule has 5 nitrogen and oxygen atoms in total. The van der Waals surface area contributed by atoms with Crippen LogP contribution in [0.5, 0.6) is 5.75 Å². The van der Waals surface area contributed by atoms with E-state index in [1.54, 1.807) is 25.3 Å². The number of nitrogens with zero attached hydrogens (tertiary/aromatic N) is 2. The molecule has 92 valence electrons. The van der Waals surface area contributed by atoms with Gasteiger partial charge in [0.1, 0.15) is 18.1 Å². The molecule has 1 N–H and O–H groups in total. The number of rotatable bonds is 3. The van der Waals surface area contributed by atoms with Gasteiger partial charge in [0.25, 0.3) is 0 Å². The molecular weight excluding hydrogens is 237 g/mol. The normalized spacial score (nSPS) is 11.0. The number of H-pyrrole nitrogens is 1. The highest BCUT2D eigenvalue weighted by Crippen LogP contribution is 2.24. The summed E-state index contributed by atoms with van der Waals surface area (Å²) in [5, 5.41) is 11.1. The summed E-state index contributed by atoms with van der Waals surface area (Å²) in [6.07, 6.45) is 1.56. The third-order valence-corrected chi connectivity index (χ3v) is 2.55. The zero-order chi connectivity index (χ0) is 12.5. The van der Waals surface area contributed by atoms with Gasteiger partial charge in [-0.05, 0) is 13.0 Å². The van der Waals surface area contributed by atoms with Crippen molar-refractivity contribution < 1.29 is 13.7 Å². The van der Waals surface area contributed by atoms with E-state index >= 15 is 0 Å². The van der Waals surface area contributed by atoms with Gasteiger partial charge in [0, 0.05) is 17.5 Å². The topological polar surface area (TPSA) is 63.9 Å². The molecule has 0 spiro atoms. The molecule has 0 aliphatic rings. The summed E-state index contributed by atoms with van der Waals surface area (Å²) >= 11 is 0. The Morgan fingerprint density at radius 3 is 3.06 bits per heavy atom. The summed E-state index contributed by atoms with van der Waals surface area (Å²) in [5.74, 6) is 0.426. The van der Waals surface area contributed by atoms with Crippen LogP contribution in [-0.2, 0) is 6.61 Å². The number of fused-ring (bicyclic) bond motifs is 1. The lowest BCUT2D eigenvalue weighted by Gasteiger charge is -2.05. The van der Waals surface area contributed by atoms with Gasteiger partial charge < -0.3 is 9.26 Å². The molecule has 0 aliphatic carbocycles. The van der Waals surface area contributed by atoms with Crippen molar-refractivity contribution in [1.29, 1.82) is 0 Å². The van der Waals surface area contributed by atoms with Crippen LogP contribution in [0, 0.1) is 12.7 Å². The summed E-state index contributed by atoms with van der Waals surface area (Å²) in [6.45, 7) is 1.95. The van der Waals surface area contributed by atoms with Crippen LogP contribution >= 0.6 is 0 Å². The maximum atomic E-state index is 13.7. The van der Waals surface area contributed by atoms with Gasteiger partial charge in [-0.25, -0.2) is 4.39 Å². The number of hydrogen-bond acceptors (Lipinski definition) is 4. The Labute approximate surface area is 102 Å². The highest BCUT2D eigenvalue weighted by atomic mass is 19.1. The molecule has 6 heteroatoms. The second-order valence-electron chi connectivity index (χ2n) is 3.96. The van der Waals surface area contributed by atoms with Crippen LogP contribution in [0.2, 0.25) is 0 Å². The van der Waals surface area contributed by atoms with Gasteiger partial charge in [-0.3, -0.25) is 5.10 Å². The third-order valence-electron chi connectivity index (χ3n) is 2.55. The predicted octanol–water partition coefficient (Wildman–Crippen LogP) is 2.58. The van der Waals surface area contributed by atoms with E-state index in [-0.39, 0.29) is 12.4 Å². The lowest BCUT2D eigenvalue weighted by Crippen LogP contribution is -1.97. The first-order valence-corrected chi connectivity index (χ1v) is 5.40. The Kier molecular flexibility index (Phi) is 2.47. The van der Waals surface area contributed by atoms with Gasteiger partial charge in [0.05, 0.1) is 11.7 Å². The molecule has 0 radical (unpaired) electrons. The van der Waals surface area contributed by atoms with E-state index in [4.69, 9.17) is 9.26 Å². The second kappa shape index (κ2) is 4.14. The van der Waals surface area contributed by atoms with Gasteiger partial charge in [0.15, 0.2) is 11.6 Å². The quantitative estimate of drug-likeness (QED) is 0.772. The van der Waals surface area contributed by atoms with Crippen LogP contribution in [-0.4, -0.2) is 15.4 Å². The molecule has 18 heavy (non-hydrogen) atoms. The molecule has 2 heterocycles. The zero-order valence-corrected chi connectivity index (χ0v) is 9.61. The number of hydrogen-bond donors (Lipinski definition) is 1. The average molecular weight is 247 g/mol. The minimum absolute atomic E-state index is 0.160. The number of benzene rings is 1. The Morgan fingerprint density at radius 1 is 1.39 bits per heavy atom. The number of halogens is 1. The number of nitrogens with one attached hydrogen (secondary N) is 1. The minimum atomic E-state index is -0.427. The summed E-state index contributed by atoms with van der Waals surface area (Å²) < 4.78 is 24.0. The molecule has 0 fully saturated rings. The van der Waals surface area contributed by atoms with E-state index in [0.29, 0.717) is 16.8 Å². The van der Waals surface area contributed by atoms with Crippen molar-refractivity contribution >= 4 is 10.9 Å². The van der Waals surface area contributed by atoms with Crippen molar-refractivity contribution in [2.24, 2.45) is 0 Å². The summed E-state index contributed by atoms with van der Waals surface area (Å²) in [5.41, 5.74) is 1.35. The average Bonchev–Trinajstić information content (AvgIpc) is 2.94. The molecule has 0 atom stereocenters. The number of aromatic amines is 1. The van der Waals surface area contributed by atoms with Crippen molar-refractivity contribution in [3.63, 3.8) is 0 Å². The van der Waals surface area contributed by atoms with E-state index < -0.39 is 5.82 Å². The molecule has 0 saturated carbocycles. The van der Waals surface area contributed by atoms with Gasteiger partial charge in [-0.1, -0.05) is 5.16 Å². The predicted molar refractivity (Wildman–Crippen MR) is 61.6 cm³/mol. The van der Waals surface area contributed by atoms with Crippen molar-refractivity contribution in [3.05, 3.63) is 41.7 Å². The van der Waals surface area contributed by atoms with Crippen LogP contribution in [0.4, 0.5) is 4.39 Å². The van der Waals surface area contributed by atoms with Crippen molar-refractivity contribution in [1.82, 2.24) is 15.4 Å². The fourth-order valence-electron chi connectivity index (χ4n) is 1.69. The highest BCUT2D eigenvalue weighted by molar-refractivity contribution is 5.79. The van der Waals surface area contributed by atoms with Crippen LogP contribution in [0.3, 0.4) is 0 Å². The molecule has 0 amide bonds. The summed E-state index contributed by atoms with van der Waals surface area (Å²) in [4.78, 5) is 0. The standard InChI is InChI=1S/C12H10FN3O2/c1-7-2-9(16-18-7)6-17-12-4-11-8(3-10(12)13)5-14-15-11/h2-5H,6H2,1H3,(H,14,15). The molecular formula is C12H10FN3O2. The summed E-state index contributed by atoms with van der Waals surface area (Å²) in [7, 11) is 0. The maximum absolute atomic E-state index is 13.7. The first-order chi connectivity index (χ1) is 8.72. The molecule has 0 saturated heterocycles. The van der Waals surface area contributed by atoms with Crippen LogP contribution in [0.15, 0.2) is 28.9 Å². The van der Waals surface area contributed by atoms with E-state index in [9.17, 15) is 4.39 Å². The Morgan fingerprint density at radius 2 is 2.28 bits per heavy atom. The fourth-order valence-corrected chi connectivity index (χ4v) is 1.69. The smallest absolute Gasteiger partial charge is 0.165 e. The SMILES string of the molecule is Cc1cc(COc2cc3[nH]ncc3cc2F)no1. The molecule has 1 aromatic carbocycles. The lowest BCUT2D eigenvalue weighted by molar-refractivity contribution is 0.275. The largest absolute Gasteiger partial charge is 0.484 e. The van der Waals surface area contributed by atoms with Crippen LogP contribution in [0.1, 0.15) is 11.5 Å². The molecule has 3 rings (SSSR count). The lowest BCUT2D eigenvalue weighted by atomic mass is 10.2. The van der Waals surface area contributed by atoms with E-state index in [0.717, 1.165) is 5.52 Å². The number of aromatic nitrogens is 3. The first kappa shape index (κ1) is 10.8. The van der Waals surface area contributed by atoms with E-state index in [1.165, 1.54) is 6.07 Å². The van der Waals surface area contributed by atoms with Crippen molar-refractivity contribution in [2.75, 3.05) is 0 Å². The fraction of sp³-hybridized carbons (Fsp3) is 0.167. The zero-order valence-electron chi connectivity index (χ0n) is 9.61. The van der Waals surface area contributed by atoms with E-state index in [2.05, 4.69) is 15.4 Å². The highest BCUT2D eigenvalue weighted by Gasteiger charge is 2.08. The molecule has 0 aliphatic heterocycles. The maximum Gasteiger partial charge on any atom is 0.165 e. The molecule has 2 aromatic heterocycles. The molecule has 0 bridgehead atoms. The molecule has 0 unspecified atom stereocenters. The van der Waals surface area contributed by atoms with Crippen molar-refractivity contribution in [2.45, 2.75) is 13.5 Å². The van der Waals surface area contributed by atoms with Gasteiger partial charge in [-0.15, -0.1) is 0 Å². The Balaban J connectivity index is 1.83. The van der Waals surface area contributed by atoms with Gasteiger partial charge >= 0.3 is 0 Å². The number of aryl methyl sites for hydroxylation is 1. The van der Waals surface area contributed by atoms with Crippen LogP contribution in [0.25, 0.3) is 10.9 Å². The second-order valence-corrected chi connectivity index (χ2v) is 3.96. The molecule has 3 aromatic rings. The van der Waals surface area contributed by atoms with Gasteiger partial charge in [-0.2, -0.15) is 5.10 Å².